The maximum atomic E-state index is 9.24. The maximum absolute atomic E-state index is 9.24. The summed E-state index contributed by atoms with van der Waals surface area (Å²) in [6, 6.07) is 7.00. The molecule has 2 heteroatoms. The first-order valence-corrected chi connectivity index (χ1v) is 4.01. The van der Waals surface area contributed by atoms with Gasteiger partial charge in [0.25, 0.3) is 0 Å². The summed E-state index contributed by atoms with van der Waals surface area (Å²) < 4.78 is 5.01. The minimum atomic E-state index is 0.260. The number of hydrogen-bond acceptors (Lipinski definition) is 1. The molecule has 0 aliphatic carbocycles. The lowest BCUT2D eigenvalue weighted by Crippen LogP contribution is -1.91. The third kappa shape index (κ3) is 1.67. The van der Waals surface area contributed by atoms with Crippen LogP contribution >= 0.6 is 0 Å². The number of rotatable bonds is 0. The summed E-state index contributed by atoms with van der Waals surface area (Å²) >= 11 is 0. The second-order valence-corrected chi connectivity index (χ2v) is 2.74. The summed E-state index contributed by atoms with van der Waals surface area (Å²) in [6.07, 6.45) is 6.93. The van der Waals surface area contributed by atoms with E-state index >= 15 is 0 Å². The van der Waals surface area contributed by atoms with Crippen LogP contribution in [0.1, 0.15) is 11.1 Å². The predicted molar refractivity (Wildman–Crippen MR) is 50.7 cm³/mol. The van der Waals surface area contributed by atoms with Crippen LogP contribution in [0.3, 0.4) is 0 Å². The van der Waals surface area contributed by atoms with Gasteiger partial charge in [0.1, 0.15) is 0 Å². The zero-order valence-electron chi connectivity index (χ0n) is 6.97. The van der Waals surface area contributed by atoms with Crippen molar-refractivity contribution in [1.82, 2.24) is 0 Å². The van der Waals surface area contributed by atoms with E-state index in [1.807, 2.05) is 24.3 Å². The monoisotopic (exact) mass is 173 g/mol. The lowest BCUT2D eigenvalue weighted by Gasteiger charge is -1.89. The highest BCUT2D eigenvalue weighted by molar-refractivity contribution is 5.64. The molecule has 1 N–H and O–H groups in total. The molecular formula is C11H9O2+. The molecule has 0 saturated carbocycles. The summed E-state index contributed by atoms with van der Waals surface area (Å²) in [5.74, 6) is 0. The molecule has 0 bridgehead atoms. The fourth-order valence-corrected chi connectivity index (χ4v) is 1.17. The van der Waals surface area contributed by atoms with Crippen LogP contribution in [0.2, 0.25) is 0 Å². The summed E-state index contributed by atoms with van der Waals surface area (Å²) in [7, 11) is 0. The van der Waals surface area contributed by atoms with Gasteiger partial charge in [0, 0.05) is 12.1 Å². The van der Waals surface area contributed by atoms with Crippen molar-refractivity contribution in [2.24, 2.45) is 0 Å². The molecule has 0 spiro atoms. The Morgan fingerprint density at radius 1 is 0.846 bits per heavy atom. The summed E-state index contributed by atoms with van der Waals surface area (Å²) in [4.78, 5) is 9.24. The molecular weight excluding hydrogens is 164 g/mol. The first-order chi connectivity index (χ1) is 6.36. The van der Waals surface area contributed by atoms with Crippen LogP contribution < -0.4 is 5.43 Å². The Bertz CT molecular complexity index is 393. The van der Waals surface area contributed by atoms with Crippen LogP contribution in [0, 0.1) is 0 Å². The Labute approximate surface area is 75.8 Å². The second kappa shape index (κ2) is 3.27. The average Bonchev–Trinajstić information content (AvgIpc) is 2.43. The van der Waals surface area contributed by atoms with Gasteiger partial charge in [-0.1, -0.05) is 0 Å². The van der Waals surface area contributed by atoms with Gasteiger partial charge >= 0.3 is 5.43 Å². The zero-order valence-corrected chi connectivity index (χ0v) is 6.97. The van der Waals surface area contributed by atoms with Gasteiger partial charge in [0.15, 0.2) is 0 Å². The SMILES string of the molecule is [OH+]=c1ccc2c(cc1)C=COC=C2. The van der Waals surface area contributed by atoms with Crippen molar-refractivity contribution in [2.45, 2.75) is 0 Å². The van der Waals surface area contributed by atoms with Gasteiger partial charge in [-0.15, -0.1) is 0 Å². The summed E-state index contributed by atoms with van der Waals surface area (Å²) in [5.41, 5.74) is 2.30. The van der Waals surface area contributed by atoms with Crippen LogP contribution in [-0.2, 0) is 4.74 Å². The lowest BCUT2D eigenvalue weighted by molar-refractivity contribution is 0.411. The Kier molecular flexibility index (Phi) is 1.96. The van der Waals surface area contributed by atoms with Gasteiger partial charge in [-0.05, 0) is 35.4 Å². The molecule has 1 aromatic carbocycles. The van der Waals surface area contributed by atoms with Gasteiger partial charge in [-0.3, -0.25) is 4.79 Å². The number of fused-ring (bicyclic) bond motifs is 1. The highest BCUT2D eigenvalue weighted by Crippen LogP contribution is 2.13. The lowest BCUT2D eigenvalue weighted by atomic mass is 10.1. The van der Waals surface area contributed by atoms with Crippen LogP contribution in [0.15, 0.2) is 36.8 Å². The molecule has 1 aliphatic rings. The molecule has 64 valence electrons. The molecule has 1 aromatic rings. The highest BCUT2D eigenvalue weighted by atomic mass is 16.5. The molecule has 1 aliphatic heterocycles. The van der Waals surface area contributed by atoms with E-state index < -0.39 is 0 Å². The smallest absolute Gasteiger partial charge is 0.340 e. The largest absolute Gasteiger partial charge is 0.473 e. The van der Waals surface area contributed by atoms with Crippen molar-refractivity contribution >= 4 is 12.2 Å². The zero-order chi connectivity index (χ0) is 9.10. The van der Waals surface area contributed by atoms with Gasteiger partial charge in [0.05, 0.1) is 12.5 Å². The van der Waals surface area contributed by atoms with E-state index in [0.717, 1.165) is 11.1 Å². The molecule has 0 atom stereocenters. The summed E-state index contributed by atoms with van der Waals surface area (Å²) in [5, 5.41) is 0. The molecule has 0 aromatic heterocycles. The maximum Gasteiger partial charge on any atom is 0.340 e. The van der Waals surface area contributed by atoms with E-state index in [0.29, 0.717) is 0 Å². The summed E-state index contributed by atoms with van der Waals surface area (Å²) in [6.45, 7) is 0. The average molecular weight is 173 g/mol. The van der Waals surface area contributed by atoms with Crippen LogP contribution in [0.5, 0.6) is 0 Å². The molecule has 0 amide bonds. The van der Waals surface area contributed by atoms with Crippen LogP contribution in [-0.4, -0.2) is 4.79 Å². The van der Waals surface area contributed by atoms with Gasteiger partial charge in [-0.2, -0.15) is 0 Å². The Morgan fingerprint density at radius 2 is 1.38 bits per heavy atom. The molecule has 0 fully saturated rings. The molecule has 1 heterocycles. The van der Waals surface area contributed by atoms with E-state index in [1.165, 1.54) is 0 Å². The van der Waals surface area contributed by atoms with Crippen LogP contribution in [0.25, 0.3) is 12.2 Å². The molecule has 0 radical (unpaired) electrons. The third-order valence-electron chi connectivity index (χ3n) is 1.85. The topological polar surface area (TPSA) is 30.6 Å². The standard InChI is InChI=1S/C11H8O2/c12-11-3-1-9-5-7-13-8-6-10(9)2-4-11/h1-8H/p+1. The van der Waals surface area contributed by atoms with Gasteiger partial charge in [-0.25, -0.2) is 0 Å². The van der Waals surface area contributed by atoms with E-state index in [-0.39, 0.29) is 5.43 Å². The fraction of sp³-hybridized carbons (Fsp3) is 0. The molecule has 0 unspecified atom stereocenters. The minimum Gasteiger partial charge on any atom is -0.473 e. The van der Waals surface area contributed by atoms with Crippen molar-refractivity contribution in [1.29, 1.82) is 0 Å². The van der Waals surface area contributed by atoms with E-state index in [1.54, 1.807) is 24.7 Å². The van der Waals surface area contributed by atoms with Crippen molar-refractivity contribution < 1.29 is 9.53 Å². The van der Waals surface area contributed by atoms with Crippen molar-refractivity contribution in [3.63, 3.8) is 0 Å². The van der Waals surface area contributed by atoms with E-state index in [4.69, 9.17) is 4.74 Å². The van der Waals surface area contributed by atoms with Crippen molar-refractivity contribution in [3.8, 4) is 0 Å². The normalized spacial score (nSPS) is 12.9. The fourth-order valence-electron chi connectivity index (χ4n) is 1.17. The predicted octanol–water partition coefficient (Wildman–Crippen LogP) is 1.66. The van der Waals surface area contributed by atoms with E-state index in [2.05, 4.69) is 0 Å². The Balaban J connectivity index is 2.69. The third-order valence-corrected chi connectivity index (χ3v) is 1.85. The first-order valence-electron chi connectivity index (χ1n) is 4.01. The Hall–Kier alpha value is -1.83. The van der Waals surface area contributed by atoms with Crippen molar-refractivity contribution in [3.05, 3.63) is 53.3 Å². The van der Waals surface area contributed by atoms with Gasteiger partial charge in [0.2, 0.25) is 0 Å². The highest BCUT2D eigenvalue weighted by Gasteiger charge is 1.97. The molecule has 2 rings (SSSR count). The number of hydrogen-bond donors (Lipinski definition) is 0. The van der Waals surface area contributed by atoms with Crippen LogP contribution in [0.4, 0.5) is 0 Å². The quantitative estimate of drug-likeness (QED) is 0.549. The first kappa shape index (κ1) is 7.80. The molecule has 13 heavy (non-hydrogen) atoms. The van der Waals surface area contributed by atoms with Gasteiger partial charge < -0.3 is 4.74 Å². The molecule has 0 saturated heterocycles. The molecule has 2 nitrogen and oxygen atoms in total. The van der Waals surface area contributed by atoms with E-state index in [9.17, 15) is 4.79 Å². The minimum absolute atomic E-state index is 0.260. The number of ether oxygens (including phenoxy) is 1. The van der Waals surface area contributed by atoms with Crippen molar-refractivity contribution in [2.75, 3.05) is 0 Å². The second-order valence-electron chi connectivity index (χ2n) is 2.74. The Morgan fingerprint density at radius 3 is 1.92 bits per heavy atom.